The smallest absolute Gasteiger partial charge is 0.311 e. The van der Waals surface area contributed by atoms with Crippen LogP contribution in [-0.4, -0.2) is 25.5 Å². The molecule has 1 aromatic rings. The summed E-state index contributed by atoms with van der Waals surface area (Å²) in [5.74, 6) is -1.06. The average Bonchev–Trinajstić information content (AvgIpc) is 2.72. The van der Waals surface area contributed by atoms with Crippen molar-refractivity contribution >= 4 is 11.9 Å². The molecule has 1 fully saturated rings. The van der Waals surface area contributed by atoms with Crippen LogP contribution in [0.3, 0.4) is 0 Å². The summed E-state index contributed by atoms with van der Waals surface area (Å²) in [6, 6.07) is 9.70. The SMILES string of the molecule is COC(=O)[C@H]1CNC(=O)[C@@H]1Cc1ccccc1. The molecule has 2 atom stereocenters. The van der Waals surface area contributed by atoms with Crippen LogP contribution in [0.25, 0.3) is 0 Å². The van der Waals surface area contributed by atoms with Gasteiger partial charge in [0.15, 0.2) is 0 Å². The lowest BCUT2D eigenvalue weighted by Gasteiger charge is -2.14. The van der Waals surface area contributed by atoms with Gasteiger partial charge in [0, 0.05) is 6.54 Å². The van der Waals surface area contributed by atoms with E-state index in [4.69, 9.17) is 4.74 Å². The molecule has 1 aliphatic rings. The van der Waals surface area contributed by atoms with Crippen LogP contribution >= 0.6 is 0 Å². The number of hydrogen-bond donors (Lipinski definition) is 1. The van der Waals surface area contributed by atoms with Gasteiger partial charge >= 0.3 is 5.97 Å². The van der Waals surface area contributed by atoms with Gasteiger partial charge in [-0.15, -0.1) is 0 Å². The Bertz CT molecular complexity index is 416. The Hall–Kier alpha value is -1.84. The number of esters is 1. The molecular weight excluding hydrogens is 218 g/mol. The fourth-order valence-corrected chi connectivity index (χ4v) is 2.17. The molecule has 1 amide bonds. The minimum absolute atomic E-state index is 0.0655. The highest BCUT2D eigenvalue weighted by molar-refractivity contribution is 5.89. The van der Waals surface area contributed by atoms with Crippen molar-refractivity contribution in [2.75, 3.05) is 13.7 Å². The maximum atomic E-state index is 11.7. The molecule has 4 nitrogen and oxygen atoms in total. The predicted octanol–water partition coefficient (Wildman–Crippen LogP) is 0.764. The first-order valence-electron chi connectivity index (χ1n) is 5.62. The lowest BCUT2D eigenvalue weighted by Crippen LogP contribution is -2.27. The van der Waals surface area contributed by atoms with Crippen molar-refractivity contribution in [3.05, 3.63) is 35.9 Å². The van der Waals surface area contributed by atoms with Gasteiger partial charge in [-0.05, 0) is 12.0 Å². The van der Waals surface area contributed by atoms with E-state index in [9.17, 15) is 9.59 Å². The summed E-state index contributed by atoms with van der Waals surface area (Å²) in [6.07, 6.45) is 0.576. The molecule has 90 valence electrons. The maximum Gasteiger partial charge on any atom is 0.311 e. The molecule has 0 bridgehead atoms. The zero-order valence-electron chi connectivity index (χ0n) is 9.68. The van der Waals surface area contributed by atoms with Crippen molar-refractivity contribution in [1.29, 1.82) is 0 Å². The lowest BCUT2D eigenvalue weighted by atomic mass is 9.89. The molecule has 0 aromatic heterocycles. The maximum absolute atomic E-state index is 11.7. The van der Waals surface area contributed by atoms with Gasteiger partial charge in [0.1, 0.15) is 0 Å². The highest BCUT2D eigenvalue weighted by atomic mass is 16.5. The second-order valence-electron chi connectivity index (χ2n) is 4.17. The van der Waals surface area contributed by atoms with E-state index < -0.39 is 0 Å². The van der Waals surface area contributed by atoms with E-state index in [2.05, 4.69) is 5.32 Å². The summed E-state index contributed by atoms with van der Waals surface area (Å²) in [4.78, 5) is 23.2. The third kappa shape index (κ3) is 2.46. The average molecular weight is 233 g/mol. The number of ether oxygens (including phenoxy) is 1. The van der Waals surface area contributed by atoms with Crippen molar-refractivity contribution in [1.82, 2.24) is 5.32 Å². The predicted molar refractivity (Wildman–Crippen MR) is 62.2 cm³/mol. The Labute approximate surface area is 100.0 Å². The zero-order chi connectivity index (χ0) is 12.3. The molecule has 4 heteroatoms. The third-order valence-electron chi connectivity index (χ3n) is 3.12. The summed E-state index contributed by atoms with van der Waals surface area (Å²) >= 11 is 0. The van der Waals surface area contributed by atoms with Gasteiger partial charge in [-0.2, -0.15) is 0 Å². The third-order valence-corrected chi connectivity index (χ3v) is 3.12. The summed E-state index contributed by atoms with van der Waals surface area (Å²) < 4.78 is 4.72. The number of amides is 1. The number of hydrogen-bond acceptors (Lipinski definition) is 3. The number of carbonyl (C=O) groups excluding carboxylic acids is 2. The molecular formula is C13H15NO3. The minimum Gasteiger partial charge on any atom is -0.469 e. The van der Waals surface area contributed by atoms with Crippen molar-refractivity contribution in [3.63, 3.8) is 0 Å². The first-order chi connectivity index (χ1) is 8.22. The highest BCUT2D eigenvalue weighted by Gasteiger charge is 2.39. The van der Waals surface area contributed by atoms with E-state index in [1.807, 2.05) is 30.3 Å². The van der Waals surface area contributed by atoms with Gasteiger partial charge in [-0.3, -0.25) is 9.59 Å². The first-order valence-corrected chi connectivity index (χ1v) is 5.62. The fraction of sp³-hybridized carbons (Fsp3) is 0.385. The molecule has 0 spiro atoms. The Balaban J connectivity index is 2.12. The Morgan fingerprint density at radius 1 is 1.41 bits per heavy atom. The monoisotopic (exact) mass is 233 g/mol. The summed E-state index contributed by atoms with van der Waals surface area (Å²) in [5, 5.41) is 2.72. The van der Waals surface area contributed by atoms with Crippen molar-refractivity contribution in [2.45, 2.75) is 6.42 Å². The molecule has 0 radical (unpaired) electrons. The van der Waals surface area contributed by atoms with E-state index in [1.54, 1.807) is 0 Å². The molecule has 0 aliphatic carbocycles. The minimum atomic E-state index is -0.368. The summed E-state index contributed by atoms with van der Waals surface area (Å²) in [6.45, 7) is 0.378. The van der Waals surface area contributed by atoms with Crippen molar-refractivity contribution < 1.29 is 14.3 Å². The summed E-state index contributed by atoms with van der Waals surface area (Å²) in [5.41, 5.74) is 1.06. The zero-order valence-corrected chi connectivity index (χ0v) is 9.68. The number of rotatable bonds is 3. The second kappa shape index (κ2) is 4.99. The number of benzene rings is 1. The van der Waals surface area contributed by atoms with E-state index in [-0.39, 0.29) is 23.7 Å². The largest absolute Gasteiger partial charge is 0.469 e. The van der Waals surface area contributed by atoms with Gasteiger partial charge < -0.3 is 10.1 Å². The number of carbonyl (C=O) groups is 2. The standard InChI is InChI=1S/C13H15NO3/c1-17-13(16)11-8-14-12(15)10(11)7-9-5-3-2-4-6-9/h2-6,10-11H,7-8H2,1H3,(H,14,15)/t10-,11+/m1/s1. The van der Waals surface area contributed by atoms with E-state index in [0.29, 0.717) is 13.0 Å². The van der Waals surface area contributed by atoms with Gasteiger partial charge in [0.25, 0.3) is 0 Å². The van der Waals surface area contributed by atoms with E-state index in [0.717, 1.165) is 5.56 Å². The first kappa shape index (κ1) is 11.6. The highest BCUT2D eigenvalue weighted by Crippen LogP contribution is 2.23. The Kier molecular flexibility index (Phi) is 3.42. The van der Waals surface area contributed by atoms with Crippen LogP contribution in [0, 0.1) is 11.8 Å². The number of nitrogens with one attached hydrogen (secondary N) is 1. The van der Waals surface area contributed by atoms with Crippen LogP contribution in [0.5, 0.6) is 0 Å². The molecule has 1 aliphatic heterocycles. The molecule has 2 rings (SSSR count). The quantitative estimate of drug-likeness (QED) is 0.784. The van der Waals surface area contributed by atoms with Crippen molar-refractivity contribution in [2.24, 2.45) is 11.8 Å². The second-order valence-corrected chi connectivity index (χ2v) is 4.17. The lowest BCUT2D eigenvalue weighted by molar-refractivity contribution is -0.147. The molecule has 1 N–H and O–H groups in total. The molecule has 1 saturated heterocycles. The molecule has 1 aromatic carbocycles. The van der Waals surface area contributed by atoms with E-state index in [1.165, 1.54) is 7.11 Å². The van der Waals surface area contributed by atoms with Crippen LogP contribution in [0.15, 0.2) is 30.3 Å². The van der Waals surface area contributed by atoms with Crippen molar-refractivity contribution in [3.8, 4) is 0 Å². The van der Waals surface area contributed by atoms with Gasteiger partial charge in [0.2, 0.25) is 5.91 Å². The number of methoxy groups -OCH3 is 1. The van der Waals surface area contributed by atoms with Gasteiger partial charge in [0.05, 0.1) is 18.9 Å². The molecule has 0 saturated carbocycles. The Morgan fingerprint density at radius 3 is 2.76 bits per heavy atom. The van der Waals surface area contributed by atoms with E-state index >= 15 is 0 Å². The van der Waals surface area contributed by atoms with Crippen LogP contribution in [0.1, 0.15) is 5.56 Å². The molecule has 0 unspecified atom stereocenters. The fourth-order valence-electron chi connectivity index (χ4n) is 2.17. The van der Waals surface area contributed by atoms with Crippen LogP contribution in [-0.2, 0) is 20.7 Å². The van der Waals surface area contributed by atoms with Gasteiger partial charge in [-0.25, -0.2) is 0 Å². The Morgan fingerprint density at radius 2 is 2.12 bits per heavy atom. The van der Waals surface area contributed by atoms with Gasteiger partial charge in [-0.1, -0.05) is 30.3 Å². The molecule has 17 heavy (non-hydrogen) atoms. The van der Waals surface area contributed by atoms with Crippen LogP contribution < -0.4 is 5.32 Å². The topological polar surface area (TPSA) is 55.4 Å². The summed E-state index contributed by atoms with van der Waals surface area (Å²) in [7, 11) is 1.35. The normalized spacial score (nSPS) is 23.2. The van der Waals surface area contributed by atoms with Crippen LogP contribution in [0.4, 0.5) is 0 Å². The molecule has 1 heterocycles. The van der Waals surface area contributed by atoms with Crippen LogP contribution in [0.2, 0.25) is 0 Å².